The van der Waals surface area contributed by atoms with E-state index in [9.17, 15) is 22.4 Å². The minimum Gasteiger partial charge on any atom is -0.477 e. The Labute approximate surface area is 115 Å². The van der Waals surface area contributed by atoms with E-state index in [-0.39, 0.29) is 24.1 Å². The number of hydrogen-bond acceptors (Lipinski definition) is 3. The summed E-state index contributed by atoms with van der Waals surface area (Å²) in [5.74, 6) is -2.30. The topological polar surface area (TPSA) is 78.9 Å². The number of rotatable bonds is 2. The summed E-state index contributed by atoms with van der Waals surface area (Å²) in [4.78, 5) is 11.0. The van der Waals surface area contributed by atoms with Crippen LogP contribution in [0, 0.1) is 11.3 Å². The highest BCUT2D eigenvalue weighted by molar-refractivity contribution is 5.87. The number of nitrogens with zero attached hydrogens (tertiary/aromatic N) is 3. The standard InChI is InChI=1S/C12H7F4N3O2/c13-8-2-1-7(3-6(8)5-17)19-9(11(20)21)4-10(18-19)12(14,15)16/h3-4H,1-2H2,(H,20,21). The highest BCUT2D eigenvalue weighted by atomic mass is 19.4. The number of carboxylic acids is 1. The first-order chi connectivity index (χ1) is 9.74. The molecule has 0 unspecified atom stereocenters. The second-order valence-corrected chi connectivity index (χ2v) is 4.20. The second-order valence-electron chi connectivity index (χ2n) is 4.20. The number of carboxylic acid groups (broad SMARTS) is 1. The predicted octanol–water partition coefficient (Wildman–Crippen LogP) is 2.98. The van der Waals surface area contributed by atoms with E-state index in [4.69, 9.17) is 10.4 Å². The Bertz CT molecular complexity index is 707. The van der Waals surface area contributed by atoms with E-state index in [1.165, 1.54) is 0 Å². The average Bonchev–Trinajstić information content (AvgIpc) is 2.84. The molecule has 0 atom stereocenters. The zero-order valence-electron chi connectivity index (χ0n) is 10.3. The fourth-order valence-electron chi connectivity index (χ4n) is 1.84. The first-order valence-electron chi connectivity index (χ1n) is 5.64. The van der Waals surface area contributed by atoms with Gasteiger partial charge < -0.3 is 5.11 Å². The molecule has 0 saturated carbocycles. The van der Waals surface area contributed by atoms with Gasteiger partial charge in [-0.05, 0) is 12.5 Å². The summed E-state index contributed by atoms with van der Waals surface area (Å²) >= 11 is 0. The fourth-order valence-corrected chi connectivity index (χ4v) is 1.84. The van der Waals surface area contributed by atoms with Gasteiger partial charge in [0.05, 0.1) is 5.57 Å². The van der Waals surface area contributed by atoms with Gasteiger partial charge in [0.15, 0.2) is 11.4 Å². The maximum Gasteiger partial charge on any atom is 0.435 e. The summed E-state index contributed by atoms with van der Waals surface area (Å²) in [6.07, 6.45) is -4.06. The lowest BCUT2D eigenvalue weighted by atomic mass is 10.0. The molecule has 5 nitrogen and oxygen atoms in total. The molecule has 0 aromatic carbocycles. The largest absolute Gasteiger partial charge is 0.477 e. The lowest BCUT2D eigenvalue weighted by Gasteiger charge is -2.13. The molecule has 1 aliphatic carbocycles. The smallest absolute Gasteiger partial charge is 0.435 e. The maximum atomic E-state index is 13.3. The van der Waals surface area contributed by atoms with Crippen molar-refractivity contribution in [2.75, 3.05) is 0 Å². The van der Waals surface area contributed by atoms with E-state index < -0.39 is 29.4 Å². The van der Waals surface area contributed by atoms with Gasteiger partial charge in [0.1, 0.15) is 11.9 Å². The van der Waals surface area contributed by atoms with Gasteiger partial charge in [0, 0.05) is 18.2 Å². The molecule has 2 rings (SSSR count). The van der Waals surface area contributed by atoms with E-state index in [0.717, 1.165) is 6.08 Å². The Morgan fingerprint density at radius 2 is 2.10 bits per heavy atom. The van der Waals surface area contributed by atoms with E-state index in [0.29, 0.717) is 10.7 Å². The molecular formula is C12H7F4N3O2. The molecule has 0 radical (unpaired) electrons. The molecule has 110 valence electrons. The van der Waals surface area contributed by atoms with E-state index >= 15 is 0 Å². The van der Waals surface area contributed by atoms with Crippen molar-refractivity contribution < 1.29 is 27.5 Å². The summed E-state index contributed by atoms with van der Waals surface area (Å²) in [6, 6.07) is 1.95. The molecule has 0 amide bonds. The minimum absolute atomic E-state index is 0.0147. The van der Waals surface area contributed by atoms with E-state index in [2.05, 4.69) is 5.10 Å². The molecule has 0 aliphatic heterocycles. The van der Waals surface area contributed by atoms with Crippen LogP contribution in [0.2, 0.25) is 0 Å². The highest BCUT2D eigenvalue weighted by Crippen LogP contribution is 2.32. The quantitative estimate of drug-likeness (QED) is 0.852. The van der Waals surface area contributed by atoms with E-state index in [1.54, 1.807) is 6.07 Å². The molecular weight excluding hydrogens is 294 g/mol. The highest BCUT2D eigenvalue weighted by Gasteiger charge is 2.36. The molecule has 0 fully saturated rings. The van der Waals surface area contributed by atoms with Gasteiger partial charge in [0.2, 0.25) is 0 Å². The number of carbonyl (C=O) groups is 1. The van der Waals surface area contributed by atoms with Gasteiger partial charge in [-0.25, -0.2) is 13.9 Å². The van der Waals surface area contributed by atoms with Crippen molar-refractivity contribution in [2.24, 2.45) is 0 Å². The molecule has 0 spiro atoms. The average molecular weight is 301 g/mol. The number of hydrogen-bond donors (Lipinski definition) is 1. The second kappa shape index (κ2) is 5.05. The number of halogens is 4. The normalized spacial score (nSPS) is 15.7. The van der Waals surface area contributed by atoms with Crippen LogP contribution in [0.5, 0.6) is 0 Å². The molecule has 1 heterocycles. The number of aromatic carboxylic acids is 1. The molecule has 21 heavy (non-hydrogen) atoms. The number of nitriles is 1. The van der Waals surface area contributed by atoms with Crippen LogP contribution in [0.1, 0.15) is 29.0 Å². The minimum atomic E-state index is -4.80. The maximum absolute atomic E-state index is 13.3. The van der Waals surface area contributed by atoms with Crippen LogP contribution in [0.25, 0.3) is 5.70 Å². The third-order valence-corrected chi connectivity index (χ3v) is 2.82. The van der Waals surface area contributed by atoms with Crippen molar-refractivity contribution in [1.29, 1.82) is 5.26 Å². The lowest BCUT2D eigenvalue weighted by Crippen LogP contribution is -2.12. The van der Waals surface area contributed by atoms with Crippen LogP contribution in [-0.2, 0) is 6.18 Å². The predicted molar refractivity (Wildman–Crippen MR) is 61.4 cm³/mol. The molecule has 1 aromatic heterocycles. The summed E-state index contributed by atoms with van der Waals surface area (Å²) < 4.78 is 51.7. The first-order valence-corrected chi connectivity index (χ1v) is 5.64. The van der Waals surface area contributed by atoms with Gasteiger partial charge in [-0.1, -0.05) is 0 Å². The van der Waals surface area contributed by atoms with Crippen molar-refractivity contribution >= 4 is 11.7 Å². The Morgan fingerprint density at radius 1 is 1.43 bits per heavy atom. The summed E-state index contributed by atoms with van der Waals surface area (Å²) in [6.45, 7) is 0. The van der Waals surface area contributed by atoms with Gasteiger partial charge in [-0.3, -0.25) is 0 Å². The van der Waals surface area contributed by atoms with Crippen molar-refractivity contribution in [1.82, 2.24) is 9.78 Å². The van der Waals surface area contributed by atoms with Crippen LogP contribution in [0.15, 0.2) is 23.5 Å². The molecule has 1 aromatic rings. The Kier molecular flexibility index (Phi) is 3.55. The van der Waals surface area contributed by atoms with Gasteiger partial charge in [0.25, 0.3) is 0 Å². The van der Waals surface area contributed by atoms with Crippen LogP contribution in [0.4, 0.5) is 17.6 Å². The van der Waals surface area contributed by atoms with E-state index in [1.807, 2.05) is 0 Å². The van der Waals surface area contributed by atoms with Gasteiger partial charge in [-0.15, -0.1) is 0 Å². The number of alkyl halides is 3. The van der Waals surface area contributed by atoms with Crippen molar-refractivity contribution in [3.8, 4) is 6.07 Å². The summed E-state index contributed by atoms with van der Waals surface area (Å²) in [5.41, 5.74) is -2.40. The Hall–Kier alpha value is -2.63. The molecule has 0 bridgehead atoms. The Morgan fingerprint density at radius 3 is 2.62 bits per heavy atom. The molecule has 1 aliphatic rings. The third-order valence-electron chi connectivity index (χ3n) is 2.82. The van der Waals surface area contributed by atoms with Crippen LogP contribution < -0.4 is 0 Å². The third kappa shape index (κ3) is 2.79. The zero-order valence-corrected chi connectivity index (χ0v) is 10.3. The SMILES string of the molecule is N#CC1=C(F)CCC(n2nc(C(F)(F)F)cc2C(=O)O)=C1. The molecule has 0 saturated heterocycles. The van der Waals surface area contributed by atoms with Crippen LogP contribution >= 0.6 is 0 Å². The number of allylic oxidation sites excluding steroid dienone is 4. The van der Waals surface area contributed by atoms with Crippen LogP contribution in [0.3, 0.4) is 0 Å². The van der Waals surface area contributed by atoms with Gasteiger partial charge in [-0.2, -0.15) is 23.5 Å². The monoisotopic (exact) mass is 301 g/mol. The van der Waals surface area contributed by atoms with Crippen molar-refractivity contribution in [2.45, 2.75) is 19.0 Å². The van der Waals surface area contributed by atoms with Gasteiger partial charge >= 0.3 is 12.1 Å². The van der Waals surface area contributed by atoms with Crippen molar-refractivity contribution in [3.05, 3.63) is 34.9 Å². The molecule has 9 heteroatoms. The zero-order chi connectivity index (χ0) is 15.8. The number of aromatic nitrogens is 2. The summed E-state index contributed by atoms with van der Waals surface area (Å²) in [7, 11) is 0. The fraction of sp³-hybridized carbons (Fsp3) is 0.250. The molecule has 1 N–H and O–H groups in total. The lowest BCUT2D eigenvalue weighted by molar-refractivity contribution is -0.141. The van der Waals surface area contributed by atoms with Crippen molar-refractivity contribution in [3.63, 3.8) is 0 Å². The Balaban J connectivity index is 2.57. The summed E-state index contributed by atoms with van der Waals surface area (Å²) in [5, 5.41) is 20.9. The van der Waals surface area contributed by atoms with Crippen LogP contribution in [-0.4, -0.2) is 20.9 Å². The first kappa shape index (κ1) is 14.8.